The molecule has 1 heterocycles. The van der Waals surface area contributed by atoms with Crippen LogP contribution >= 0.6 is 0 Å². The van der Waals surface area contributed by atoms with Gasteiger partial charge in [0.25, 0.3) is 5.56 Å². The van der Waals surface area contributed by atoms with Crippen molar-refractivity contribution in [1.29, 1.82) is 0 Å². The zero-order chi connectivity index (χ0) is 13.9. The van der Waals surface area contributed by atoms with Gasteiger partial charge in [0.2, 0.25) is 0 Å². The second kappa shape index (κ2) is 5.29. The highest BCUT2D eigenvalue weighted by Crippen LogP contribution is 2.24. The topological polar surface area (TPSA) is 34.9 Å². The molecule has 0 saturated carbocycles. The molecule has 3 aromatic rings. The van der Waals surface area contributed by atoms with Gasteiger partial charge >= 0.3 is 0 Å². The van der Waals surface area contributed by atoms with Crippen LogP contribution in [0.25, 0.3) is 22.0 Å². The molecule has 0 atom stereocenters. The summed E-state index contributed by atoms with van der Waals surface area (Å²) in [5.41, 5.74) is 1.89. The Labute approximate surface area is 117 Å². The summed E-state index contributed by atoms with van der Waals surface area (Å²) in [6.07, 6.45) is 0.888. The van der Waals surface area contributed by atoms with Crippen LogP contribution in [0.4, 0.5) is 0 Å². The van der Waals surface area contributed by atoms with E-state index in [1.54, 1.807) is 4.68 Å². The van der Waals surface area contributed by atoms with Gasteiger partial charge in [-0.15, -0.1) is 0 Å². The monoisotopic (exact) mass is 264 g/mol. The fraction of sp³-hybridized carbons (Fsp3) is 0.176. The van der Waals surface area contributed by atoms with Gasteiger partial charge in [-0.2, -0.15) is 5.10 Å². The van der Waals surface area contributed by atoms with E-state index in [0.717, 1.165) is 28.5 Å². The number of benzene rings is 2. The predicted octanol–water partition coefficient (Wildman–Crippen LogP) is 3.47. The zero-order valence-electron chi connectivity index (χ0n) is 11.4. The Morgan fingerprint density at radius 1 is 0.950 bits per heavy atom. The molecule has 3 rings (SSSR count). The molecule has 0 radical (unpaired) electrons. The maximum absolute atomic E-state index is 12.4. The lowest BCUT2D eigenvalue weighted by molar-refractivity contribution is 0.576. The van der Waals surface area contributed by atoms with Crippen LogP contribution < -0.4 is 5.56 Å². The number of hydrogen-bond donors (Lipinski definition) is 0. The molecule has 2 aromatic carbocycles. The third-order valence-electron chi connectivity index (χ3n) is 3.35. The Morgan fingerprint density at radius 3 is 2.30 bits per heavy atom. The molecule has 100 valence electrons. The van der Waals surface area contributed by atoms with E-state index in [9.17, 15) is 4.79 Å². The second-order valence-corrected chi connectivity index (χ2v) is 4.79. The van der Waals surface area contributed by atoms with Crippen LogP contribution in [0.3, 0.4) is 0 Å². The third kappa shape index (κ3) is 2.11. The Bertz CT molecular complexity index is 791. The summed E-state index contributed by atoms with van der Waals surface area (Å²) in [6, 6.07) is 17.7. The molecule has 0 N–H and O–H groups in total. The summed E-state index contributed by atoms with van der Waals surface area (Å²) >= 11 is 0. The summed E-state index contributed by atoms with van der Waals surface area (Å²) in [5, 5.41) is 6.21. The molecule has 0 aliphatic rings. The van der Waals surface area contributed by atoms with Crippen LogP contribution in [-0.2, 0) is 6.54 Å². The Balaban J connectivity index is 2.36. The van der Waals surface area contributed by atoms with Crippen LogP contribution in [0.2, 0.25) is 0 Å². The summed E-state index contributed by atoms with van der Waals surface area (Å²) < 4.78 is 1.57. The van der Waals surface area contributed by atoms with Crippen molar-refractivity contribution in [2.75, 3.05) is 0 Å². The lowest BCUT2D eigenvalue weighted by atomic mass is 10.1. The van der Waals surface area contributed by atoms with Crippen molar-refractivity contribution in [3.63, 3.8) is 0 Å². The largest absolute Gasteiger partial charge is 0.274 e. The molecule has 0 bridgehead atoms. The molecule has 1 aromatic heterocycles. The van der Waals surface area contributed by atoms with E-state index in [4.69, 9.17) is 0 Å². The summed E-state index contributed by atoms with van der Waals surface area (Å²) in [4.78, 5) is 12.4. The minimum absolute atomic E-state index is 0.0119. The van der Waals surface area contributed by atoms with Gasteiger partial charge in [-0.3, -0.25) is 4.79 Å². The Kier molecular flexibility index (Phi) is 3.33. The number of aryl methyl sites for hydroxylation is 1. The van der Waals surface area contributed by atoms with Gasteiger partial charge in [-0.1, -0.05) is 55.5 Å². The normalized spacial score (nSPS) is 10.8. The van der Waals surface area contributed by atoms with Gasteiger partial charge in [0.05, 0.1) is 11.1 Å². The standard InChI is InChI=1S/C17H16N2O/c1-2-12-19-17(20)15-11-7-6-10-14(15)16(18-19)13-8-4-3-5-9-13/h3-11H,2,12H2,1H3. The average molecular weight is 264 g/mol. The fourth-order valence-electron chi connectivity index (χ4n) is 2.41. The van der Waals surface area contributed by atoms with Crippen LogP contribution in [0.15, 0.2) is 59.4 Å². The van der Waals surface area contributed by atoms with Crippen LogP contribution in [0.5, 0.6) is 0 Å². The van der Waals surface area contributed by atoms with E-state index >= 15 is 0 Å². The molecule has 3 nitrogen and oxygen atoms in total. The molecule has 0 saturated heterocycles. The molecule has 0 fully saturated rings. The molecule has 20 heavy (non-hydrogen) atoms. The summed E-state index contributed by atoms with van der Waals surface area (Å²) in [7, 11) is 0. The Morgan fingerprint density at radius 2 is 1.60 bits per heavy atom. The van der Waals surface area contributed by atoms with Crippen molar-refractivity contribution in [2.24, 2.45) is 0 Å². The number of hydrogen-bond acceptors (Lipinski definition) is 2. The molecule has 3 heteroatoms. The van der Waals surface area contributed by atoms with Crippen molar-refractivity contribution in [3.8, 4) is 11.3 Å². The highest BCUT2D eigenvalue weighted by molar-refractivity contribution is 5.93. The lowest BCUT2D eigenvalue weighted by Crippen LogP contribution is -2.23. The molecular formula is C17H16N2O. The van der Waals surface area contributed by atoms with Gasteiger partial charge in [-0.25, -0.2) is 4.68 Å². The minimum atomic E-state index is -0.0119. The second-order valence-electron chi connectivity index (χ2n) is 4.79. The quantitative estimate of drug-likeness (QED) is 0.726. The molecule has 0 unspecified atom stereocenters. The van der Waals surface area contributed by atoms with Crippen molar-refractivity contribution in [3.05, 3.63) is 65.0 Å². The molecular weight excluding hydrogens is 248 g/mol. The van der Waals surface area contributed by atoms with Crippen molar-refractivity contribution >= 4 is 10.8 Å². The van der Waals surface area contributed by atoms with Gasteiger partial charge < -0.3 is 0 Å². The van der Waals surface area contributed by atoms with E-state index in [2.05, 4.69) is 5.10 Å². The van der Waals surface area contributed by atoms with Crippen molar-refractivity contribution < 1.29 is 0 Å². The van der Waals surface area contributed by atoms with E-state index < -0.39 is 0 Å². The molecule has 0 amide bonds. The molecule has 0 aliphatic carbocycles. The number of aromatic nitrogens is 2. The first-order valence-electron chi connectivity index (χ1n) is 6.86. The van der Waals surface area contributed by atoms with Crippen molar-refractivity contribution in [2.45, 2.75) is 19.9 Å². The minimum Gasteiger partial charge on any atom is -0.267 e. The highest BCUT2D eigenvalue weighted by atomic mass is 16.1. The molecule has 0 aliphatic heterocycles. The fourth-order valence-corrected chi connectivity index (χ4v) is 2.41. The van der Waals surface area contributed by atoms with E-state index in [1.807, 2.05) is 61.5 Å². The highest BCUT2D eigenvalue weighted by Gasteiger charge is 2.10. The van der Waals surface area contributed by atoms with E-state index in [0.29, 0.717) is 6.54 Å². The maximum atomic E-state index is 12.4. The summed E-state index contributed by atoms with van der Waals surface area (Å²) in [5.74, 6) is 0. The number of rotatable bonds is 3. The lowest BCUT2D eigenvalue weighted by Gasteiger charge is -2.10. The van der Waals surface area contributed by atoms with Crippen molar-refractivity contribution in [1.82, 2.24) is 9.78 Å². The SMILES string of the molecule is CCCn1nc(-c2ccccc2)c2ccccc2c1=O. The average Bonchev–Trinajstić information content (AvgIpc) is 2.51. The Hall–Kier alpha value is -2.42. The maximum Gasteiger partial charge on any atom is 0.274 e. The zero-order valence-corrected chi connectivity index (χ0v) is 11.4. The van der Waals surface area contributed by atoms with Crippen LogP contribution in [0, 0.1) is 0 Å². The molecule has 0 spiro atoms. The predicted molar refractivity (Wildman–Crippen MR) is 81.7 cm³/mol. The first-order chi connectivity index (χ1) is 9.81. The van der Waals surface area contributed by atoms with Gasteiger partial charge in [0.15, 0.2) is 0 Å². The number of fused-ring (bicyclic) bond motifs is 1. The van der Waals surface area contributed by atoms with Crippen LogP contribution in [-0.4, -0.2) is 9.78 Å². The van der Waals surface area contributed by atoms with Crippen LogP contribution in [0.1, 0.15) is 13.3 Å². The van der Waals surface area contributed by atoms with Gasteiger partial charge in [-0.05, 0) is 12.5 Å². The first-order valence-corrected chi connectivity index (χ1v) is 6.86. The summed E-state index contributed by atoms with van der Waals surface area (Å²) in [6.45, 7) is 2.69. The smallest absolute Gasteiger partial charge is 0.267 e. The van der Waals surface area contributed by atoms with E-state index in [-0.39, 0.29) is 5.56 Å². The first kappa shape index (κ1) is 12.6. The number of nitrogens with zero attached hydrogens (tertiary/aromatic N) is 2. The van der Waals surface area contributed by atoms with E-state index in [1.165, 1.54) is 0 Å². The van der Waals surface area contributed by atoms with Gasteiger partial charge in [0, 0.05) is 17.5 Å². The van der Waals surface area contributed by atoms with Gasteiger partial charge in [0.1, 0.15) is 0 Å². The third-order valence-corrected chi connectivity index (χ3v) is 3.35.